The number of hydrogen-bond acceptors (Lipinski definition) is 2. The molecule has 1 saturated heterocycles. The Bertz CT molecular complexity index is 329. The molecule has 0 bridgehead atoms. The summed E-state index contributed by atoms with van der Waals surface area (Å²) >= 11 is 0. The summed E-state index contributed by atoms with van der Waals surface area (Å²) in [5, 5.41) is 3.59. The molecule has 0 spiro atoms. The van der Waals surface area contributed by atoms with Gasteiger partial charge in [-0.2, -0.15) is 0 Å². The predicted molar refractivity (Wildman–Crippen MR) is 66.6 cm³/mol. The molecule has 16 heavy (non-hydrogen) atoms. The molecule has 1 aliphatic heterocycles. The molecule has 1 fully saturated rings. The lowest BCUT2D eigenvalue weighted by Crippen LogP contribution is -2.38. The van der Waals surface area contributed by atoms with Crippen LogP contribution in [0.5, 0.6) is 0 Å². The smallest absolute Gasteiger partial charge is 0.0948 e. The van der Waals surface area contributed by atoms with Crippen LogP contribution in [0.25, 0.3) is 0 Å². The van der Waals surface area contributed by atoms with Gasteiger partial charge in [-0.25, -0.2) is 4.98 Å². The molecular formula is C13H23N3. The van der Waals surface area contributed by atoms with Crippen LogP contribution in [-0.2, 0) is 12.0 Å². The van der Waals surface area contributed by atoms with Crippen LogP contribution in [0.1, 0.15) is 45.7 Å². The van der Waals surface area contributed by atoms with Crippen LogP contribution in [0.3, 0.4) is 0 Å². The van der Waals surface area contributed by atoms with Crippen molar-refractivity contribution < 1.29 is 0 Å². The highest BCUT2D eigenvalue weighted by molar-refractivity contribution is 5.10. The summed E-state index contributed by atoms with van der Waals surface area (Å²) in [6.45, 7) is 8.97. The van der Waals surface area contributed by atoms with Gasteiger partial charge in [0.05, 0.1) is 6.33 Å². The minimum Gasteiger partial charge on any atom is -0.333 e. The highest BCUT2D eigenvalue weighted by Crippen LogP contribution is 2.22. The lowest BCUT2D eigenvalue weighted by atomic mass is 9.92. The number of nitrogens with zero attached hydrogens (tertiary/aromatic N) is 2. The molecule has 3 heteroatoms. The molecule has 2 rings (SSSR count). The van der Waals surface area contributed by atoms with E-state index in [1.165, 1.54) is 31.5 Å². The minimum atomic E-state index is 0.186. The van der Waals surface area contributed by atoms with E-state index in [0.717, 1.165) is 6.54 Å². The summed E-state index contributed by atoms with van der Waals surface area (Å²) in [6, 6.07) is 0.629. The van der Waals surface area contributed by atoms with Crippen LogP contribution in [-0.4, -0.2) is 22.1 Å². The largest absolute Gasteiger partial charge is 0.333 e. The normalized spacial score (nSPS) is 22.3. The summed E-state index contributed by atoms with van der Waals surface area (Å²) in [5.74, 6) is 0. The van der Waals surface area contributed by atoms with E-state index in [9.17, 15) is 0 Å². The average molecular weight is 221 g/mol. The van der Waals surface area contributed by atoms with Gasteiger partial charge >= 0.3 is 0 Å². The summed E-state index contributed by atoms with van der Waals surface area (Å²) in [4.78, 5) is 4.29. The number of aromatic nitrogens is 2. The Kier molecular flexibility index (Phi) is 3.33. The van der Waals surface area contributed by atoms with E-state index in [1.54, 1.807) is 0 Å². The van der Waals surface area contributed by atoms with Gasteiger partial charge in [0.2, 0.25) is 0 Å². The van der Waals surface area contributed by atoms with Crippen molar-refractivity contribution in [2.45, 2.75) is 58.0 Å². The molecule has 0 saturated carbocycles. The van der Waals surface area contributed by atoms with Crippen molar-refractivity contribution in [2.24, 2.45) is 0 Å². The Hall–Kier alpha value is -0.830. The molecule has 1 N–H and O–H groups in total. The van der Waals surface area contributed by atoms with Crippen LogP contribution in [0.4, 0.5) is 0 Å². The molecule has 0 aliphatic carbocycles. The zero-order valence-electron chi connectivity index (χ0n) is 10.7. The van der Waals surface area contributed by atoms with Gasteiger partial charge in [-0.15, -0.1) is 0 Å². The molecule has 90 valence electrons. The van der Waals surface area contributed by atoms with Crippen LogP contribution < -0.4 is 5.32 Å². The van der Waals surface area contributed by atoms with E-state index in [-0.39, 0.29) is 5.41 Å². The van der Waals surface area contributed by atoms with Crippen molar-refractivity contribution in [3.8, 4) is 0 Å². The molecule has 1 aromatic rings. The van der Waals surface area contributed by atoms with E-state index < -0.39 is 0 Å². The van der Waals surface area contributed by atoms with Crippen molar-refractivity contribution in [1.29, 1.82) is 0 Å². The topological polar surface area (TPSA) is 29.9 Å². The number of imidazole rings is 1. The molecule has 1 aliphatic rings. The van der Waals surface area contributed by atoms with Gasteiger partial charge in [0.1, 0.15) is 0 Å². The van der Waals surface area contributed by atoms with Crippen LogP contribution in [0.15, 0.2) is 12.5 Å². The predicted octanol–water partition coefficient (Wildman–Crippen LogP) is 2.32. The maximum absolute atomic E-state index is 4.29. The van der Waals surface area contributed by atoms with Gasteiger partial charge in [-0.1, -0.05) is 27.2 Å². The SMILES string of the molecule is CC(C)(C)c1cncn1CC1CCCCN1. The van der Waals surface area contributed by atoms with Crippen molar-refractivity contribution in [3.63, 3.8) is 0 Å². The fourth-order valence-electron chi connectivity index (χ4n) is 2.41. The summed E-state index contributed by atoms with van der Waals surface area (Å²) < 4.78 is 2.31. The first-order chi connectivity index (χ1) is 7.57. The quantitative estimate of drug-likeness (QED) is 0.830. The molecule has 1 atom stereocenters. The monoisotopic (exact) mass is 221 g/mol. The molecule has 2 heterocycles. The Morgan fingerprint density at radius 3 is 2.88 bits per heavy atom. The van der Waals surface area contributed by atoms with Crippen molar-refractivity contribution in [3.05, 3.63) is 18.2 Å². The Labute approximate surface area is 98.3 Å². The van der Waals surface area contributed by atoms with Gasteiger partial charge in [-0.05, 0) is 19.4 Å². The Morgan fingerprint density at radius 2 is 2.25 bits per heavy atom. The number of hydrogen-bond donors (Lipinski definition) is 1. The summed E-state index contributed by atoms with van der Waals surface area (Å²) in [6.07, 6.45) is 7.95. The molecule has 1 unspecified atom stereocenters. The minimum absolute atomic E-state index is 0.186. The van der Waals surface area contributed by atoms with Crippen molar-refractivity contribution >= 4 is 0 Å². The second-order valence-corrected chi connectivity index (χ2v) is 5.83. The Balaban J connectivity index is 2.06. The third-order valence-corrected chi connectivity index (χ3v) is 3.31. The van der Waals surface area contributed by atoms with E-state index in [1.807, 2.05) is 12.5 Å². The van der Waals surface area contributed by atoms with E-state index in [0.29, 0.717) is 6.04 Å². The fourth-order valence-corrected chi connectivity index (χ4v) is 2.41. The van der Waals surface area contributed by atoms with Crippen LogP contribution in [0, 0.1) is 0 Å². The first kappa shape index (κ1) is 11.6. The fraction of sp³-hybridized carbons (Fsp3) is 0.769. The van der Waals surface area contributed by atoms with E-state index >= 15 is 0 Å². The molecule has 3 nitrogen and oxygen atoms in total. The second-order valence-electron chi connectivity index (χ2n) is 5.83. The van der Waals surface area contributed by atoms with E-state index in [2.05, 4.69) is 35.6 Å². The zero-order valence-corrected chi connectivity index (χ0v) is 10.7. The zero-order chi connectivity index (χ0) is 11.6. The maximum Gasteiger partial charge on any atom is 0.0948 e. The van der Waals surface area contributed by atoms with Crippen LogP contribution in [0.2, 0.25) is 0 Å². The van der Waals surface area contributed by atoms with E-state index in [4.69, 9.17) is 0 Å². The number of nitrogens with one attached hydrogen (secondary N) is 1. The van der Waals surface area contributed by atoms with Gasteiger partial charge in [0.25, 0.3) is 0 Å². The van der Waals surface area contributed by atoms with Gasteiger partial charge in [-0.3, -0.25) is 0 Å². The van der Waals surface area contributed by atoms with Gasteiger partial charge in [0.15, 0.2) is 0 Å². The molecule has 1 aromatic heterocycles. The first-order valence-corrected chi connectivity index (χ1v) is 6.31. The highest BCUT2D eigenvalue weighted by Gasteiger charge is 2.20. The lowest BCUT2D eigenvalue weighted by molar-refractivity contribution is 0.353. The maximum atomic E-state index is 4.29. The van der Waals surface area contributed by atoms with Gasteiger partial charge < -0.3 is 9.88 Å². The second kappa shape index (κ2) is 4.58. The average Bonchev–Trinajstić information content (AvgIpc) is 2.67. The lowest BCUT2D eigenvalue weighted by Gasteiger charge is -2.27. The summed E-state index contributed by atoms with van der Waals surface area (Å²) in [7, 11) is 0. The van der Waals surface area contributed by atoms with Crippen LogP contribution >= 0.6 is 0 Å². The third-order valence-electron chi connectivity index (χ3n) is 3.31. The number of piperidine rings is 1. The first-order valence-electron chi connectivity index (χ1n) is 6.31. The summed E-state index contributed by atoms with van der Waals surface area (Å²) in [5.41, 5.74) is 1.52. The third kappa shape index (κ3) is 2.64. The highest BCUT2D eigenvalue weighted by atomic mass is 15.1. The molecule has 0 radical (unpaired) electrons. The molecular weight excluding hydrogens is 198 g/mol. The molecule has 0 aromatic carbocycles. The van der Waals surface area contributed by atoms with Gasteiger partial charge in [0, 0.05) is 29.9 Å². The van der Waals surface area contributed by atoms with Crippen molar-refractivity contribution in [2.75, 3.05) is 6.54 Å². The number of rotatable bonds is 2. The standard InChI is InChI=1S/C13H23N3/c1-13(2,3)12-8-14-10-16(12)9-11-6-4-5-7-15-11/h8,10-11,15H,4-7,9H2,1-3H3. The molecule has 0 amide bonds. The Morgan fingerprint density at radius 1 is 1.44 bits per heavy atom. The van der Waals surface area contributed by atoms with Crippen molar-refractivity contribution in [1.82, 2.24) is 14.9 Å².